The summed E-state index contributed by atoms with van der Waals surface area (Å²) in [4.78, 5) is 0. The summed E-state index contributed by atoms with van der Waals surface area (Å²) in [5.74, 6) is 0.827. The van der Waals surface area contributed by atoms with Crippen molar-refractivity contribution in [3.8, 4) is 5.88 Å². The Morgan fingerprint density at radius 3 is 2.62 bits per heavy atom. The van der Waals surface area contributed by atoms with Crippen LogP contribution in [-0.4, -0.2) is 16.9 Å². The Labute approximate surface area is 127 Å². The van der Waals surface area contributed by atoms with Crippen LogP contribution in [0.5, 0.6) is 5.88 Å². The molecule has 0 saturated carbocycles. The van der Waals surface area contributed by atoms with Crippen molar-refractivity contribution in [2.45, 2.75) is 40.3 Å². The molecule has 4 nitrogen and oxygen atoms in total. The Hall–Kier alpha value is -1.81. The summed E-state index contributed by atoms with van der Waals surface area (Å²) in [6.45, 7) is 9.24. The number of rotatable bonds is 5. The second kappa shape index (κ2) is 6.31. The molecule has 0 saturated heterocycles. The fourth-order valence-corrected chi connectivity index (χ4v) is 2.82. The van der Waals surface area contributed by atoms with Gasteiger partial charge in [-0.2, -0.15) is 5.10 Å². The number of benzene rings is 1. The van der Waals surface area contributed by atoms with E-state index in [4.69, 9.17) is 4.74 Å². The highest BCUT2D eigenvalue weighted by Crippen LogP contribution is 2.23. The predicted octanol–water partition coefficient (Wildman–Crippen LogP) is 3.20. The van der Waals surface area contributed by atoms with Gasteiger partial charge in [-0.25, -0.2) is 4.68 Å². The maximum Gasteiger partial charge on any atom is 0.216 e. The minimum absolute atomic E-state index is 0.287. The number of nitrogens with zero attached hydrogens (tertiary/aromatic N) is 2. The van der Waals surface area contributed by atoms with Crippen LogP contribution in [0.15, 0.2) is 18.2 Å². The molecule has 1 N–H and O–H groups in total. The molecule has 4 heteroatoms. The first kappa shape index (κ1) is 15.6. The predicted molar refractivity (Wildman–Crippen MR) is 85.7 cm³/mol. The largest absolute Gasteiger partial charge is 0.481 e. The summed E-state index contributed by atoms with van der Waals surface area (Å²) in [5.41, 5.74) is 6.09. The number of aryl methyl sites for hydroxylation is 4. The fourth-order valence-electron chi connectivity index (χ4n) is 2.82. The zero-order valence-electron chi connectivity index (χ0n) is 13.8. The Morgan fingerprint density at radius 1 is 1.29 bits per heavy atom. The summed E-state index contributed by atoms with van der Waals surface area (Å²) >= 11 is 0. The highest BCUT2D eigenvalue weighted by atomic mass is 16.5. The van der Waals surface area contributed by atoms with Gasteiger partial charge in [-0.15, -0.1) is 0 Å². The molecule has 0 fully saturated rings. The molecule has 2 rings (SSSR count). The first-order valence-corrected chi connectivity index (χ1v) is 7.31. The van der Waals surface area contributed by atoms with Gasteiger partial charge >= 0.3 is 0 Å². The maximum absolute atomic E-state index is 5.43. The van der Waals surface area contributed by atoms with Crippen molar-refractivity contribution >= 4 is 0 Å². The molecule has 1 heterocycles. The van der Waals surface area contributed by atoms with E-state index in [2.05, 4.69) is 49.4 Å². The molecular formula is C17H25N3O. The molecule has 114 valence electrons. The Bertz CT molecular complexity index is 631. The average Bonchev–Trinajstić information content (AvgIpc) is 2.69. The van der Waals surface area contributed by atoms with E-state index in [0.29, 0.717) is 0 Å². The highest BCUT2D eigenvalue weighted by Gasteiger charge is 2.15. The molecule has 0 bridgehead atoms. The third-order valence-electron chi connectivity index (χ3n) is 3.96. The smallest absolute Gasteiger partial charge is 0.216 e. The molecule has 1 aromatic heterocycles. The van der Waals surface area contributed by atoms with Gasteiger partial charge < -0.3 is 10.1 Å². The van der Waals surface area contributed by atoms with E-state index in [9.17, 15) is 0 Å². The van der Waals surface area contributed by atoms with Gasteiger partial charge in [0.15, 0.2) is 0 Å². The third kappa shape index (κ3) is 3.27. The minimum atomic E-state index is 0.287. The number of aromatic nitrogens is 2. The zero-order valence-corrected chi connectivity index (χ0v) is 13.8. The summed E-state index contributed by atoms with van der Waals surface area (Å²) in [6, 6.07) is 6.88. The van der Waals surface area contributed by atoms with E-state index < -0.39 is 0 Å². The topological polar surface area (TPSA) is 39.1 Å². The first-order valence-electron chi connectivity index (χ1n) is 7.31. The van der Waals surface area contributed by atoms with Gasteiger partial charge in [-0.1, -0.05) is 23.8 Å². The van der Waals surface area contributed by atoms with Gasteiger partial charge in [-0.05, 0) is 38.8 Å². The van der Waals surface area contributed by atoms with E-state index >= 15 is 0 Å². The number of methoxy groups -OCH3 is 1. The van der Waals surface area contributed by atoms with Crippen LogP contribution in [-0.2, 0) is 13.6 Å². The van der Waals surface area contributed by atoms with Crippen molar-refractivity contribution in [2.75, 3.05) is 7.11 Å². The maximum atomic E-state index is 5.43. The van der Waals surface area contributed by atoms with Crippen molar-refractivity contribution in [1.29, 1.82) is 0 Å². The molecule has 0 radical (unpaired) electrons. The number of ether oxygens (including phenoxy) is 1. The quantitative estimate of drug-likeness (QED) is 0.918. The summed E-state index contributed by atoms with van der Waals surface area (Å²) in [5, 5.41) is 7.98. The lowest BCUT2D eigenvalue weighted by molar-refractivity contribution is 0.367. The number of hydrogen-bond donors (Lipinski definition) is 1. The molecule has 21 heavy (non-hydrogen) atoms. The van der Waals surface area contributed by atoms with Crippen LogP contribution in [0.1, 0.15) is 40.9 Å². The standard InChI is InChI=1S/C17H25N3O/c1-11-7-8-15(12(2)9-11)13(3)18-10-16-14(4)19-20(5)17(16)21-6/h7-9,13,18H,10H2,1-6H3. The second-order valence-corrected chi connectivity index (χ2v) is 5.66. The zero-order chi connectivity index (χ0) is 15.6. The summed E-state index contributed by atoms with van der Waals surface area (Å²) < 4.78 is 7.22. The van der Waals surface area contributed by atoms with Crippen molar-refractivity contribution in [3.05, 3.63) is 46.1 Å². The van der Waals surface area contributed by atoms with Crippen molar-refractivity contribution < 1.29 is 4.74 Å². The Morgan fingerprint density at radius 2 is 2.00 bits per heavy atom. The lowest BCUT2D eigenvalue weighted by Crippen LogP contribution is -2.19. The Kier molecular flexibility index (Phi) is 4.68. The molecule has 1 aromatic carbocycles. The minimum Gasteiger partial charge on any atom is -0.481 e. The van der Waals surface area contributed by atoms with Crippen LogP contribution in [0, 0.1) is 20.8 Å². The molecule has 0 amide bonds. The highest BCUT2D eigenvalue weighted by molar-refractivity contribution is 5.34. The molecule has 1 unspecified atom stereocenters. The van der Waals surface area contributed by atoms with Crippen molar-refractivity contribution in [2.24, 2.45) is 7.05 Å². The molecular weight excluding hydrogens is 262 g/mol. The van der Waals surface area contributed by atoms with Gasteiger partial charge in [-0.3, -0.25) is 0 Å². The molecule has 0 spiro atoms. The second-order valence-electron chi connectivity index (χ2n) is 5.66. The van der Waals surface area contributed by atoms with Gasteiger partial charge in [0.2, 0.25) is 5.88 Å². The van der Waals surface area contributed by atoms with Crippen LogP contribution in [0.2, 0.25) is 0 Å². The lowest BCUT2D eigenvalue weighted by Gasteiger charge is -2.17. The molecule has 2 aromatic rings. The third-order valence-corrected chi connectivity index (χ3v) is 3.96. The average molecular weight is 287 g/mol. The SMILES string of the molecule is COc1c(CNC(C)c2ccc(C)cc2C)c(C)nn1C. The molecule has 1 atom stereocenters. The Balaban J connectivity index is 2.12. The van der Waals surface area contributed by atoms with Gasteiger partial charge in [0, 0.05) is 19.6 Å². The summed E-state index contributed by atoms with van der Waals surface area (Å²) in [7, 11) is 3.59. The van der Waals surface area contributed by atoms with Crippen LogP contribution < -0.4 is 10.1 Å². The fraction of sp³-hybridized carbons (Fsp3) is 0.471. The molecule has 0 aliphatic rings. The number of nitrogens with one attached hydrogen (secondary N) is 1. The van der Waals surface area contributed by atoms with E-state index in [-0.39, 0.29) is 6.04 Å². The first-order chi connectivity index (χ1) is 9.93. The molecule has 0 aliphatic heterocycles. The van der Waals surface area contributed by atoms with E-state index in [0.717, 1.165) is 23.7 Å². The summed E-state index contributed by atoms with van der Waals surface area (Å²) in [6.07, 6.45) is 0. The normalized spacial score (nSPS) is 12.5. The van der Waals surface area contributed by atoms with Crippen LogP contribution in [0.25, 0.3) is 0 Å². The van der Waals surface area contributed by atoms with Gasteiger partial charge in [0.1, 0.15) is 0 Å². The van der Waals surface area contributed by atoms with E-state index in [1.807, 2.05) is 14.0 Å². The van der Waals surface area contributed by atoms with Crippen LogP contribution in [0.4, 0.5) is 0 Å². The van der Waals surface area contributed by atoms with Gasteiger partial charge in [0.05, 0.1) is 18.4 Å². The van der Waals surface area contributed by atoms with Crippen LogP contribution >= 0.6 is 0 Å². The van der Waals surface area contributed by atoms with E-state index in [1.165, 1.54) is 16.7 Å². The van der Waals surface area contributed by atoms with Gasteiger partial charge in [0.25, 0.3) is 0 Å². The van der Waals surface area contributed by atoms with Crippen molar-refractivity contribution in [3.63, 3.8) is 0 Å². The number of hydrogen-bond acceptors (Lipinski definition) is 3. The van der Waals surface area contributed by atoms with Crippen LogP contribution in [0.3, 0.4) is 0 Å². The van der Waals surface area contributed by atoms with E-state index in [1.54, 1.807) is 11.8 Å². The molecule has 0 aliphatic carbocycles. The van der Waals surface area contributed by atoms with Crippen molar-refractivity contribution in [1.82, 2.24) is 15.1 Å². The lowest BCUT2D eigenvalue weighted by atomic mass is 10.00. The monoisotopic (exact) mass is 287 g/mol.